The molecule has 4 nitrogen and oxygen atoms in total. The molecule has 0 rings (SSSR count). The van der Waals surface area contributed by atoms with Gasteiger partial charge in [0.15, 0.2) is 0 Å². The Balaban J connectivity index is 3.53. The molecule has 0 aliphatic rings. The van der Waals surface area contributed by atoms with Gasteiger partial charge in [0.25, 0.3) is 0 Å². The van der Waals surface area contributed by atoms with E-state index in [-0.39, 0.29) is 12.5 Å². The molecule has 0 fully saturated rings. The third-order valence-electron chi connectivity index (χ3n) is 15.0. The highest BCUT2D eigenvalue weighted by atomic mass is 16.3. The molecule has 2 atom stereocenters. The number of aliphatic hydroxyl groups excluding tert-OH is 2. The number of hydrogen-bond acceptors (Lipinski definition) is 3. The SMILES string of the molecule is CC/C=C\C/C=C\C/C=C\C/C=C\C/C=C\C/C=C\C/C=C\C/C=C\CCCCCCCCCCCCCCC(=O)NC(CO)C(O)/C=C/CCCCCCCCCCCCCCCCCCCCCCCCCCCC. The summed E-state index contributed by atoms with van der Waals surface area (Å²) in [5, 5.41) is 23.3. The van der Waals surface area contributed by atoms with Gasteiger partial charge in [0.1, 0.15) is 0 Å². The van der Waals surface area contributed by atoms with Crippen LogP contribution in [-0.2, 0) is 4.79 Å². The lowest BCUT2D eigenvalue weighted by Crippen LogP contribution is -2.45. The second-order valence-electron chi connectivity index (χ2n) is 22.5. The molecule has 0 saturated heterocycles. The summed E-state index contributed by atoms with van der Waals surface area (Å²) in [7, 11) is 0. The maximum atomic E-state index is 12.5. The van der Waals surface area contributed by atoms with Gasteiger partial charge in [0, 0.05) is 6.42 Å². The van der Waals surface area contributed by atoms with Crippen LogP contribution in [0.5, 0.6) is 0 Å². The van der Waals surface area contributed by atoms with Gasteiger partial charge in [-0.25, -0.2) is 0 Å². The Morgan fingerprint density at radius 2 is 0.571 bits per heavy atom. The predicted molar refractivity (Wildman–Crippen MR) is 345 cm³/mol. The van der Waals surface area contributed by atoms with Crippen LogP contribution in [0.2, 0.25) is 0 Å². The molecule has 0 aromatic carbocycles. The molecule has 0 spiro atoms. The zero-order chi connectivity index (χ0) is 55.5. The molecule has 0 aliphatic heterocycles. The smallest absolute Gasteiger partial charge is 0.220 e. The van der Waals surface area contributed by atoms with E-state index in [4.69, 9.17) is 0 Å². The van der Waals surface area contributed by atoms with Crippen LogP contribution < -0.4 is 5.32 Å². The van der Waals surface area contributed by atoms with E-state index in [1.807, 2.05) is 6.08 Å². The summed E-state index contributed by atoms with van der Waals surface area (Å²) < 4.78 is 0. The Bertz CT molecular complexity index is 1440. The van der Waals surface area contributed by atoms with Crippen molar-refractivity contribution in [2.45, 2.75) is 341 Å². The largest absolute Gasteiger partial charge is 0.394 e. The van der Waals surface area contributed by atoms with Gasteiger partial charge in [-0.05, 0) is 83.5 Å². The second-order valence-corrected chi connectivity index (χ2v) is 22.5. The van der Waals surface area contributed by atoms with Crippen molar-refractivity contribution in [3.63, 3.8) is 0 Å². The van der Waals surface area contributed by atoms with Crippen molar-refractivity contribution >= 4 is 5.91 Å². The number of carbonyl (C=O) groups is 1. The van der Waals surface area contributed by atoms with E-state index in [1.165, 1.54) is 231 Å². The molecule has 2 unspecified atom stereocenters. The molecule has 0 heterocycles. The van der Waals surface area contributed by atoms with Gasteiger partial charge in [-0.3, -0.25) is 4.79 Å². The van der Waals surface area contributed by atoms with Crippen LogP contribution in [0.4, 0.5) is 0 Å². The first-order chi connectivity index (χ1) is 38.2. The van der Waals surface area contributed by atoms with E-state index in [0.29, 0.717) is 6.42 Å². The van der Waals surface area contributed by atoms with E-state index in [0.717, 1.165) is 77.0 Å². The van der Waals surface area contributed by atoms with Crippen molar-refractivity contribution in [2.24, 2.45) is 0 Å². The molecule has 0 aromatic rings. The van der Waals surface area contributed by atoms with Gasteiger partial charge in [0.05, 0.1) is 18.8 Å². The minimum absolute atomic E-state index is 0.0662. The van der Waals surface area contributed by atoms with E-state index in [9.17, 15) is 15.0 Å². The van der Waals surface area contributed by atoms with Crippen molar-refractivity contribution in [3.05, 3.63) is 109 Å². The summed E-state index contributed by atoms with van der Waals surface area (Å²) in [6, 6.07) is -0.631. The lowest BCUT2D eigenvalue weighted by Gasteiger charge is -2.20. The van der Waals surface area contributed by atoms with Crippen molar-refractivity contribution in [1.29, 1.82) is 0 Å². The van der Waals surface area contributed by atoms with Crippen LogP contribution in [-0.4, -0.2) is 34.9 Å². The standard InChI is InChI=1S/C73H129NO3/c1-3-5-7-9-11-13-15-17-19-21-23-25-27-29-31-33-34-35-36-37-38-39-40-41-43-45-47-49-51-53-55-57-59-61-63-65-67-69-73(77)74-71(70-75)72(76)68-66-64-62-60-58-56-54-52-50-48-46-44-42-32-30-28-26-24-22-20-18-16-14-12-10-8-6-4-2/h5,7,11,13,17,19,23,25,29,31,34-35,37-38,40-41,66,68,71-72,75-76H,3-4,6,8-10,12,14-16,18,20-22,24,26-28,30,32-33,36,39,42-65,67,69-70H2,1-2H3,(H,74,77)/b7-5-,13-11-,19-17-,25-23-,31-29-,35-34-,38-37-,41-40-,68-66+. The summed E-state index contributed by atoms with van der Waals surface area (Å²) >= 11 is 0. The van der Waals surface area contributed by atoms with E-state index in [2.05, 4.69) is 116 Å². The number of rotatable bonds is 61. The average molecular weight is 1070 g/mol. The Labute approximate surface area is 480 Å². The van der Waals surface area contributed by atoms with Crippen LogP contribution in [0.1, 0.15) is 328 Å². The van der Waals surface area contributed by atoms with Crippen LogP contribution in [0.15, 0.2) is 109 Å². The quantitative estimate of drug-likeness (QED) is 0.0420. The highest BCUT2D eigenvalue weighted by Crippen LogP contribution is 2.18. The first kappa shape index (κ1) is 74.0. The van der Waals surface area contributed by atoms with Crippen LogP contribution in [0.3, 0.4) is 0 Å². The maximum Gasteiger partial charge on any atom is 0.220 e. The molecule has 0 saturated carbocycles. The normalized spacial score (nSPS) is 13.5. The number of carbonyl (C=O) groups excluding carboxylic acids is 1. The zero-order valence-corrected chi connectivity index (χ0v) is 51.2. The highest BCUT2D eigenvalue weighted by molar-refractivity contribution is 5.76. The van der Waals surface area contributed by atoms with Crippen molar-refractivity contribution in [2.75, 3.05) is 6.61 Å². The fourth-order valence-electron chi connectivity index (χ4n) is 9.96. The van der Waals surface area contributed by atoms with E-state index < -0.39 is 12.1 Å². The summed E-state index contributed by atoms with van der Waals surface area (Å²) in [5.41, 5.74) is 0. The van der Waals surface area contributed by atoms with Gasteiger partial charge in [-0.1, -0.05) is 348 Å². The fraction of sp³-hybridized carbons (Fsp3) is 0.740. The molecule has 0 aliphatic carbocycles. The summed E-state index contributed by atoms with van der Waals surface area (Å²) in [6.45, 7) is 4.22. The molecule has 0 aromatic heterocycles. The number of hydrogen-bond donors (Lipinski definition) is 3. The topological polar surface area (TPSA) is 69.6 Å². The number of amides is 1. The molecule has 3 N–H and O–H groups in total. The van der Waals surface area contributed by atoms with Gasteiger partial charge in [-0.2, -0.15) is 0 Å². The number of aliphatic hydroxyl groups is 2. The Hall–Kier alpha value is -2.95. The third kappa shape index (κ3) is 63.8. The molecule has 0 radical (unpaired) electrons. The van der Waals surface area contributed by atoms with Gasteiger partial charge in [0.2, 0.25) is 5.91 Å². The van der Waals surface area contributed by atoms with Crippen molar-refractivity contribution in [3.8, 4) is 0 Å². The van der Waals surface area contributed by atoms with E-state index in [1.54, 1.807) is 6.08 Å². The molecule has 1 amide bonds. The Kier molecular flexibility index (Phi) is 64.7. The summed E-state index contributed by atoms with van der Waals surface area (Å²) in [6.07, 6.45) is 101. The fourth-order valence-corrected chi connectivity index (χ4v) is 9.96. The second kappa shape index (κ2) is 67.3. The lowest BCUT2D eigenvalue weighted by molar-refractivity contribution is -0.123. The number of unbranched alkanes of at least 4 members (excludes halogenated alkanes) is 38. The lowest BCUT2D eigenvalue weighted by atomic mass is 10.0. The van der Waals surface area contributed by atoms with Crippen LogP contribution in [0.25, 0.3) is 0 Å². The maximum absolute atomic E-state index is 12.5. The van der Waals surface area contributed by atoms with Crippen molar-refractivity contribution in [1.82, 2.24) is 5.32 Å². The van der Waals surface area contributed by atoms with Crippen molar-refractivity contribution < 1.29 is 15.0 Å². The highest BCUT2D eigenvalue weighted by Gasteiger charge is 2.18. The third-order valence-corrected chi connectivity index (χ3v) is 15.0. The predicted octanol–water partition coefficient (Wildman–Crippen LogP) is 23.0. The first-order valence-electron chi connectivity index (χ1n) is 33.6. The van der Waals surface area contributed by atoms with Crippen LogP contribution in [0, 0.1) is 0 Å². The van der Waals surface area contributed by atoms with E-state index >= 15 is 0 Å². The van der Waals surface area contributed by atoms with Gasteiger partial charge >= 0.3 is 0 Å². The number of allylic oxidation sites excluding steroid dienone is 17. The monoisotopic (exact) mass is 1070 g/mol. The molecule has 77 heavy (non-hydrogen) atoms. The molecule has 444 valence electrons. The van der Waals surface area contributed by atoms with Gasteiger partial charge < -0.3 is 15.5 Å². The Morgan fingerprint density at radius 1 is 0.325 bits per heavy atom. The zero-order valence-electron chi connectivity index (χ0n) is 51.2. The molecule has 4 heteroatoms. The molecular weight excluding hydrogens is 939 g/mol. The van der Waals surface area contributed by atoms with Crippen LogP contribution >= 0.6 is 0 Å². The Morgan fingerprint density at radius 3 is 0.857 bits per heavy atom. The minimum atomic E-state index is -0.848. The molecule has 0 bridgehead atoms. The minimum Gasteiger partial charge on any atom is -0.394 e. The average Bonchev–Trinajstić information content (AvgIpc) is 3.43. The molecular formula is C73H129NO3. The van der Waals surface area contributed by atoms with Gasteiger partial charge in [-0.15, -0.1) is 0 Å². The summed E-state index contributed by atoms with van der Waals surface area (Å²) in [4.78, 5) is 12.5. The summed E-state index contributed by atoms with van der Waals surface area (Å²) in [5.74, 6) is -0.0662. The first-order valence-corrected chi connectivity index (χ1v) is 33.6. The number of nitrogens with one attached hydrogen (secondary N) is 1.